The molecule has 2 amide bonds. The first-order valence-corrected chi connectivity index (χ1v) is 10.8. The maximum Gasteiger partial charge on any atom is 0.323 e. The minimum atomic E-state index is -0.341. The number of ether oxygens (including phenoxy) is 1. The zero-order valence-electron chi connectivity index (χ0n) is 19.2. The zero-order chi connectivity index (χ0) is 23.9. The first-order chi connectivity index (χ1) is 16.5. The fourth-order valence-corrected chi connectivity index (χ4v) is 3.26. The summed E-state index contributed by atoms with van der Waals surface area (Å²) in [5, 5.41) is 12.2. The molecular weight excluding hydrogens is 428 g/mol. The van der Waals surface area contributed by atoms with Crippen molar-refractivity contribution in [3.8, 4) is 5.75 Å². The van der Waals surface area contributed by atoms with Crippen molar-refractivity contribution in [2.45, 2.75) is 13.8 Å². The molecule has 4 aromatic rings. The summed E-state index contributed by atoms with van der Waals surface area (Å²) < 4.78 is 5.17. The van der Waals surface area contributed by atoms with Crippen LogP contribution in [-0.4, -0.2) is 23.1 Å². The molecule has 34 heavy (non-hydrogen) atoms. The second kappa shape index (κ2) is 10.4. The Morgan fingerprint density at radius 2 is 1.26 bits per heavy atom. The number of hydrogen-bond acceptors (Lipinski definition) is 6. The van der Waals surface area contributed by atoms with Gasteiger partial charge in [-0.1, -0.05) is 23.8 Å². The van der Waals surface area contributed by atoms with Crippen LogP contribution in [0.1, 0.15) is 11.4 Å². The van der Waals surface area contributed by atoms with E-state index in [0.29, 0.717) is 34.6 Å². The van der Waals surface area contributed by atoms with E-state index in [4.69, 9.17) is 4.74 Å². The average molecular weight is 455 g/mol. The van der Waals surface area contributed by atoms with Gasteiger partial charge in [-0.25, -0.2) is 14.8 Å². The summed E-state index contributed by atoms with van der Waals surface area (Å²) in [6, 6.07) is 24.1. The molecule has 0 aliphatic rings. The monoisotopic (exact) mass is 454 g/mol. The van der Waals surface area contributed by atoms with Crippen molar-refractivity contribution in [2.75, 3.05) is 28.4 Å². The summed E-state index contributed by atoms with van der Waals surface area (Å²) in [5.74, 6) is 2.68. The molecule has 0 bridgehead atoms. The molecule has 0 saturated heterocycles. The van der Waals surface area contributed by atoms with Gasteiger partial charge in [-0.2, -0.15) is 0 Å². The number of aromatic nitrogens is 2. The zero-order valence-corrected chi connectivity index (χ0v) is 19.2. The van der Waals surface area contributed by atoms with Crippen LogP contribution in [0, 0.1) is 13.8 Å². The smallest absolute Gasteiger partial charge is 0.323 e. The minimum Gasteiger partial charge on any atom is -0.497 e. The molecule has 172 valence electrons. The summed E-state index contributed by atoms with van der Waals surface area (Å²) in [4.78, 5) is 21.2. The third-order valence-corrected chi connectivity index (χ3v) is 4.90. The highest BCUT2D eigenvalue weighted by Crippen LogP contribution is 2.22. The van der Waals surface area contributed by atoms with E-state index in [0.717, 1.165) is 11.4 Å². The number of amides is 2. The van der Waals surface area contributed by atoms with E-state index >= 15 is 0 Å². The number of aryl methyl sites for hydroxylation is 2. The molecule has 8 nitrogen and oxygen atoms in total. The highest BCUT2D eigenvalue weighted by Gasteiger charge is 2.06. The fourth-order valence-electron chi connectivity index (χ4n) is 3.26. The van der Waals surface area contributed by atoms with Gasteiger partial charge in [-0.3, -0.25) is 0 Å². The van der Waals surface area contributed by atoms with Gasteiger partial charge >= 0.3 is 6.03 Å². The van der Waals surface area contributed by atoms with Crippen molar-refractivity contribution in [3.63, 3.8) is 0 Å². The number of nitrogens with zero attached hydrogens (tertiary/aromatic N) is 2. The minimum absolute atomic E-state index is 0.341. The predicted molar refractivity (Wildman–Crippen MR) is 137 cm³/mol. The van der Waals surface area contributed by atoms with E-state index < -0.39 is 0 Å². The molecule has 0 saturated carbocycles. The number of methoxy groups -OCH3 is 1. The van der Waals surface area contributed by atoms with Gasteiger partial charge in [0.05, 0.1) is 7.11 Å². The van der Waals surface area contributed by atoms with E-state index in [1.165, 1.54) is 5.56 Å². The Kier molecular flexibility index (Phi) is 6.88. The van der Waals surface area contributed by atoms with Crippen molar-refractivity contribution in [1.29, 1.82) is 0 Å². The van der Waals surface area contributed by atoms with E-state index in [2.05, 4.69) is 38.2 Å². The van der Waals surface area contributed by atoms with Crippen molar-refractivity contribution < 1.29 is 9.53 Å². The Balaban J connectivity index is 1.37. The highest BCUT2D eigenvalue weighted by molar-refractivity contribution is 5.99. The van der Waals surface area contributed by atoms with Gasteiger partial charge in [0.2, 0.25) is 0 Å². The Bertz CT molecular complexity index is 1270. The number of hydrogen-bond donors (Lipinski definition) is 4. The second-order valence-electron chi connectivity index (χ2n) is 7.69. The molecule has 1 heterocycles. The number of anilines is 6. The lowest BCUT2D eigenvalue weighted by Gasteiger charge is -2.12. The van der Waals surface area contributed by atoms with Gasteiger partial charge in [0.25, 0.3) is 0 Å². The predicted octanol–water partition coefficient (Wildman–Crippen LogP) is 6.23. The van der Waals surface area contributed by atoms with Crippen LogP contribution in [0.25, 0.3) is 0 Å². The van der Waals surface area contributed by atoms with Gasteiger partial charge in [0.15, 0.2) is 0 Å². The van der Waals surface area contributed by atoms with Crippen LogP contribution in [0.3, 0.4) is 0 Å². The molecule has 0 spiro atoms. The van der Waals surface area contributed by atoms with Crippen LogP contribution < -0.4 is 26.0 Å². The van der Waals surface area contributed by atoms with Crippen LogP contribution >= 0.6 is 0 Å². The van der Waals surface area contributed by atoms with Gasteiger partial charge in [-0.05, 0) is 62.4 Å². The number of carbonyl (C=O) groups excluding carboxylic acids is 1. The maximum absolute atomic E-state index is 12.3. The Labute approximate surface area is 198 Å². The Hall–Kier alpha value is -4.59. The average Bonchev–Trinajstić information content (AvgIpc) is 2.81. The summed E-state index contributed by atoms with van der Waals surface area (Å²) in [6.45, 7) is 3.90. The Morgan fingerprint density at radius 3 is 1.88 bits per heavy atom. The molecule has 0 fully saturated rings. The molecule has 0 atom stereocenters. The molecule has 3 aromatic carbocycles. The van der Waals surface area contributed by atoms with Gasteiger partial charge < -0.3 is 26.0 Å². The molecule has 1 aromatic heterocycles. The quantitative estimate of drug-likeness (QED) is 0.264. The maximum atomic E-state index is 12.3. The van der Waals surface area contributed by atoms with Gasteiger partial charge in [-0.15, -0.1) is 0 Å². The summed E-state index contributed by atoms with van der Waals surface area (Å²) >= 11 is 0. The van der Waals surface area contributed by atoms with Crippen LogP contribution in [0.5, 0.6) is 5.75 Å². The summed E-state index contributed by atoms with van der Waals surface area (Å²) in [7, 11) is 1.58. The van der Waals surface area contributed by atoms with Crippen LogP contribution in [0.15, 0.2) is 78.9 Å². The van der Waals surface area contributed by atoms with E-state index in [-0.39, 0.29) is 6.03 Å². The summed E-state index contributed by atoms with van der Waals surface area (Å²) in [6.07, 6.45) is 0. The standard InChI is InChI=1S/C26H26N6O2/c1-17-7-9-19(10-8-17)29-24-16-25(28-18(2)27-24)30-20-11-13-21(14-12-20)31-26(33)32-22-5-4-6-23(15-22)34-3/h4-16H,1-3H3,(H2,31,32,33)(H2,27,28,29,30). The number of nitrogens with one attached hydrogen (secondary N) is 4. The molecule has 4 N–H and O–H groups in total. The third-order valence-electron chi connectivity index (χ3n) is 4.90. The molecule has 4 rings (SSSR count). The molecule has 0 aliphatic carbocycles. The first-order valence-electron chi connectivity index (χ1n) is 10.8. The fraction of sp³-hybridized carbons (Fsp3) is 0.115. The first kappa shape index (κ1) is 22.6. The molecule has 0 radical (unpaired) electrons. The largest absolute Gasteiger partial charge is 0.497 e. The third kappa shape index (κ3) is 6.23. The van der Waals surface area contributed by atoms with Gasteiger partial charge in [0.1, 0.15) is 23.2 Å². The van der Waals surface area contributed by atoms with Crippen molar-refractivity contribution >= 4 is 40.4 Å². The van der Waals surface area contributed by atoms with E-state index in [9.17, 15) is 4.79 Å². The number of benzene rings is 3. The number of carbonyl (C=O) groups is 1. The van der Waals surface area contributed by atoms with E-state index in [1.54, 1.807) is 19.2 Å². The molecule has 0 unspecified atom stereocenters. The van der Waals surface area contributed by atoms with Crippen LogP contribution in [-0.2, 0) is 0 Å². The van der Waals surface area contributed by atoms with Crippen LogP contribution in [0.4, 0.5) is 39.2 Å². The summed E-state index contributed by atoms with van der Waals surface area (Å²) in [5.41, 5.74) is 4.29. The van der Waals surface area contributed by atoms with Crippen molar-refractivity contribution in [3.05, 3.63) is 90.3 Å². The molecular formula is C26H26N6O2. The number of urea groups is 1. The second-order valence-corrected chi connectivity index (χ2v) is 7.69. The van der Waals surface area contributed by atoms with Crippen LogP contribution in [0.2, 0.25) is 0 Å². The lowest BCUT2D eigenvalue weighted by molar-refractivity contribution is 0.262. The van der Waals surface area contributed by atoms with Crippen molar-refractivity contribution in [1.82, 2.24) is 9.97 Å². The Morgan fingerprint density at radius 1 is 0.706 bits per heavy atom. The van der Waals surface area contributed by atoms with Crippen molar-refractivity contribution in [2.24, 2.45) is 0 Å². The topological polar surface area (TPSA) is 100 Å². The normalized spacial score (nSPS) is 10.3. The highest BCUT2D eigenvalue weighted by atomic mass is 16.5. The number of rotatable bonds is 7. The van der Waals surface area contributed by atoms with E-state index in [1.807, 2.05) is 73.7 Å². The lowest BCUT2D eigenvalue weighted by Crippen LogP contribution is -2.19. The molecule has 0 aliphatic heterocycles. The molecule has 8 heteroatoms. The van der Waals surface area contributed by atoms with Gasteiger partial charge in [0, 0.05) is 34.9 Å². The lowest BCUT2D eigenvalue weighted by atomic mass is 10.2. The SMILES string of the molecule is COc1cccc(NC(=O)Nc2ccc(Nc3cc(Nc4ccc(C)cc4)nc(C)n3)cc2)c1.